The van der Waals surface area contributed by atoms with Crippen LogP contribution in [-0.4, -0.2) is 72.2 Å². The Balaban J connectivity index is 1.53. The average Bonchev–Trinajstić information content (AvgIpc) is 2.85. The highest BCUT2D eigenvalue weighted by Crippen LogP contribution is 2.33. The van der Waals surface area contributed by atoms with Crippen molar-refractivity contribution in [1.82, 2.24) is 0 Å². The van der Waals surface area contributed by atoms with Crippen molar-refractivity contribution in [3.63, 3.8) is 0 Å². The van der Waals surface area contributed by atoms with Crippen molar-refractivity contribution < 1.29 is 34.3 Å². The van der Waals surface area contributed by atoms with Crippen molar-refractivity contribution in [2.75, 3.05) is 19.8 Å². The van der Waals surface area contributed by atoms with Crippen molar-refractivity contribution in [2.45, 2.75) is 76.3 Å². The Hall–Kier alpha value is -1.97. The van der Waals surface area contributed by atoms with Gasteiger partial charge in [0, 0.05) is 25.0 Å². The molecule has 0 saturated carbocycles. The van der Waals surface area contributed by atoms with Crippen molar-refractivity contribution in [1.29, 1.82) is 0 Å². The lowest BCUT2D eigenvalue weighted by Gasteiger charge is -2.33. The monoisotopic (exact) mass is 461 g/mol. The standard InChI is InChI=1S/C25H35NO7/c1-16-18(15-27)13-19(25(29)24(16)28)26-14-17-8-9-20(32-22-6-2-4-10-30-22)21(12-17)33-23-7-3-5-11-31-23/h8-9,12-14,16,19,22-25,27-29H,2-7,10-11,15H2,1H3/t16?,19?,22?,23?,24-,25?/m0/s1. The minimum Gasteiger partial charge on any atom is -0.461 e. The molecule has 2 heterocycles. The van der Waals surface area contributed by atoms with Crippen LogP contribution in [0.3, 0.4) is 0 Å². The highest BCUT2D eigenvalue weighted by atomic mass is 16.7. The maximum Gasteiger partial charge on any atom is 0.200 e. The van der Waals surface area contributed by atoms with Crippen LogP contribution in [0.25, 0.3) is 0 Å². The SMILES string of the molecule is CC1C(CO)=CC(N=Cc2ccc(OC3CCCCO3)c(OC3CCCCO3)c2)C(O)[C@H]1O. The second-order valence-electron chi connectivity index (χ2n) is 8.97. The highest BCUT2D eigenvalue weighted by Gasteiger charge is 2.35. The van der Waals surface area contributed by atoms with E-state index in [4.69, 9.17) is 18.9 Å². The number of aliphatic hydroxyl groups is 3. The molecule has 2 fully saturated rings. The Labute approximate surface area is 194 Å². The van der Waals surface area contributed by atoms with Gasteiger partial charge < -0.3 is 34.3 Å². The van der Waals surface area contributed by atoms with Gasteiger partial charge in [-0.3, -0.25) is 4.99 Å². The van der Waals surface area contributed by atoms with E-state index in [0.29, 0.717) is 30.3 Å². The molecule has 1 aromatic rings. The third-order valence-electron chi connectivity index (χ3n) is 6.52. The number of benzene rings is 1. The van der Waals surface area contributed by atoms with E-state index in [0.717, 1.165) is 44.1 Å². The van der Waals surface area contributed by atoms with Gasteiger partial charge in [0.25, 0.3) is 0 Å². The summed E-state index contributed by atoms with van der Waals surface area (Å²) in [7, 11) is 0. The summed E-state index contributed by atoms with van der Waals surface area (Å²) in [5, 5.41) is 30.3. The minimum atomic E-state index is -1.04. The summed E-state index contributed by atoms with van der Waals surface area (Å²) in [4.78, 5) is 4.48. The molecule has 3 N–H and O–H groups in total. The number of aliphatic imine (C=N–C) groups is 1. The van der Waals surface area contributed by atoms with Crippen molar-refractivity contribution in [3.05, 3.63) is 35.4 Å². The maximum absolute atomic E-state index is 10.4. The van der Waals surface area contributed by atoms with Crippen molar-refractivity contribution in [2.24, 2.45) is 10.9 Å². The maximum atomic E-state index is 10.4. The van der Waals surface area contributed by atoms with Crippen LogP contribution in [0.1, 0.15) is 51.0 Å². The van der Waals surface area contributed by atoms with E-state index in [-0.39, 0.29) is 25.1 Å². The predicted octanol–water partition coefficient (Wildman–Crippen LogP) is 2.58. The van der Waals surface area contributed by atoms with Crippen LogP contribution in [0.2, 0.25) is 0 Å². The van der Waals surface area contributed by atoms with Gasteiger partial charge in [0.05, 0.1) is 32.0 Å². The third-order valence-corrected chi connectivity index (χ3v) is 6.52. The summed E-state index contributed by atoms with van der Waals surface area (Å²) < 4.78 is 23.7. The highest BCUT2D eigenvalue weighted by molar-refractivity contribution is 5.81. The van der Waals surface area contributed by atoms with E-state index in [1.54, 1.807) is 19.2 Å². The average molecular weight is 462 g/mol. The van der Waals surface area contributed by atoms with E-state index < -0.39 is 18.2 Å². The molecule has 0 radical (unpaired) electrons. The van der Waals surface area contributed by atoms with Crippen LogP contribution in [0.15, 0.2) is 34.8 Å². The van der Waals surface area contributed by atoms with Gasteiger partial charge in [0.15, 0.2) is 24.1 Å². The lowest BCUT2D eigenvalue weighted by molar-refractivity contribution is -0.119. The van der Waals surface area contributed by atoms with Crippen LogP contribution in [0, 0.1) is 5.92 Å². The zero-order valence-electron chi connectivity index (χ0n) is 19.1. The smallest absolute Gasteiger partial charge is 0.200 e. The van der Waals surface area contributed by atoms with E-state index in [9.17, 15) is 15.3 Å². The largest absolute Gasteiger partial charge is 0.461 e. The lowest BCUT2D eigenvalue weighted by Crippen LogP contribution is -2.44. The Morgan fingerprint density at radius 3 is 2.24 bits per heavy atom. The summed E-state index contributed by atoms with van der Waals surface area (Å²) >= 11 is 0. The van der Waals surface area contributed by atoms with Crippen LogP contribution in [-0.2, 0) is 9.47 Å². The normalized spacial score (nSPS) is 33.0. The lowest BCUT2D eigenvalue weighted by atomic mass is 9.82. The fraction of sp³-hybridized carbons (Fsp3) is 0.640. The van der Waals surface area contributed by atoms with Crippen LogP contribution < -0.4 is 9.47 Å². The molecule has 2 aliphatic heterocycles. The van der Waals surface area contributed by atoms with Crippen molar-refractivity contribution >= 4 is 6.21 Å². The van der Waals surface area contributed by atoms with Gasteiger partial charge in [-0.25, -0.2) is 0 Å². The number of hydrogen-bond donors (Lipinski definition) is 3. The van der Waals surface area contributed by atoms with Gasteiger partial charge in [-0.05, 0) is 55.0 Å². The molecule has 1 aliphatic carbocycles. The topological polar surface area (TPSA) is 110 Å². The molecule has 2 saturated heterocycles. The molecular weight excluding hydrogens is 426 g/mol. The fourth-order valence-electron chi connectivity index (χ4n) is 4.37. The molecule has 182 valence electrons. The molecule has 0 aromatic heterocycles. The summed E-state index contributed by atoms with van der Waals surface area (Å²) in [5.74, 6) is 0.840. The van der Waals surface area contributed by atoms with E-state index in [1.165, 1.54) is 0 Å². The van der Waals surface area contributed by atoms with Gasteiger partial charge in [0.1, 0.15) is 6.10 Å². The summed E-state index contributed by atoms with van der Waals surface area (Å²) in [5.41, 5.74) is 1.43. The molecular formula is C25H35NO7. The molecule has 1 aromatic carbocycles. The molecule has 8 nitrogen and oxygen atoms in total. The zero-order chi connectivity index (χ0) is 23.2. The molecule has 6 atom stereocenters. The molecule has 33 heavy (non-hydrogen) atoms. The van der Waals surface area contributed by atoms with Gasteiger partial charge in [-0.1, -0.05) is 13.0 Å². The Kier molecular flexibility index (Phi) is 8.38. The number of hydrogen-bond acceptors (Lipinski definition) is 8. The molecule has 4 rings (SSSR count). The fourth-order valence-corrected chi connectivity index (χ4v) is 4.37. The first-order valence-electron chi connectivity index (χ1n) is 12.0. The molecule has 0 amide bonds. The first-order valence-corrected chi connectivity index (χ1v) is 12.0. The Morgan fingerprint density at radius 1 is 0.970 bits per heavy atom. The van der Waals surface area contributed by atoms with Crippen LogP contribution in [0.5, 0.6) is 11.5 Å². The summed E-state index contributed by atoms with van der Waals surface area (Å²) in [6, 6.07) is 4.89. The second-order valence-corrected chi connectivity index (χ2v) is 8.97. The predicted molar refractivity (Wildman–Crippen MR) is 123 cm³/mol. The summed E-state index contributed by atoms with van der Waals surface area (Å²) in [6.45, 7) is 2.97. The summed E-state index contributed by atoms with van der Waals surface area (Å²) in [6.07, 6.45) is 6.56. The first-order chi connectivity index (χ1) is 16.0. The van der Waals surface area contributed by atoms with Crippen molar-refractivity contribution in [3.8, 4) is 11.5 Å². The molecule has 8 heteroatoms. The number of nitrogens with zero attached hydrogens (tertiary/aromatic N) is 1. The van der Waals surface area contributed by atoms with Crippen LogP contribution >= 0.6 is 0 Å². The molecule has 5 unspecified atom stereocenters. The van der Waals surface area contributed by atoms with Gasteiger partial charge in [-0.15, -0.1) is 0 Å². The molecule has 0 spiro atoms. The number of ether oxygens (including phenoxy) is 4. The van der Waals surface area contributed by atoms with E-state index >= 15 is 0 Å². The van der Waals surface area contributed by atoms with Gasteiger partial charge in [0.2, 0.25) is 0 Å². The van der Waals surface area contributed by atoms with E-state index in [1.807, 2.05) is 18.2 Å². The Morgan fingerprint density at radius 2 is 1.64 bits per heavy atom. The van der Waals surface area contributed by atoms with E-state index in [2.05, 4.69) is 4.99 Å². The first kappa shape index (κ1) is 24.2. The second kappa shape index (κ2) is 11.4. The van der Waals surface area contributed by atoms with Crippen LogP contribution in [0.4, 0.5) is 0 Å². The van der Waals surface area contributed by atoms with Gasteiger partial charge >= 0.3 is 0 Å². The number of aliphatic hydroxyl groups excluding tert-OH is 3. The third kappa shape index (κ3) is 6.13. The molecule has 0 bridgehead atoms. The zero-order valence-corrected chi connectivity index (χ0v) is 19.1. The number of rotatable bonds is 7. The molecule has 3 aliphatic rings. The van der Waals surface area contributed by atoms with Gasteiger partial charge in [-0.2, -0.15) is 0 Å². The Bertz CT molecular complexity index is 830. The minimum absolute atomic E-state index is 0.175. The quantitative estimate of drug-likeness (QED) is 0.423.